The van der Waals surface area contributed by atoms with E-state index in [1.807, 2.05) is 18.2 Å². The van der Waals surface area contributed by atoms with Crippen LogP contribution < -0.4 is 11.1 Å². The van der Waals surface area contributed by atoms with Gasteiger partial charge in [0.15, 0.2) is 5.82 Å². The van der Waals surface area contributed by atoms with E-state index in [0.29, 0.717) is 22.6 Å². The summed E-state index contributed by atoms with van der Waals surface area (Å²) in [5.74, 6) is 0.986. The van der Waals surface area contributed by atoms with E-state index in [9.17, 15) is 10.2 Å². The second-order valence-corrected chi connectivity index (χ2v) is 8.31. The van der Waals surface area contributed by atoms with E-state index >= 15 is 0 Å². The first-order valence-corrected chi connectivity index (χ1v) is 10.4. The number of aromatic nitrogens is 3. The SMILES string of the molecule is Cl.Nc1ncnc2c(C3NC(CSc4cccc5ccccc45)C(O)C3O)c[nH]c12. The summed E-state index contributed by atoms with van der Waals surface area (Å²) < 4.78 is 0. The molecule has 30 heavy (non-hydrogen) atoms. The molecule has 1 saturated heterocycles. The van der Waals surface area contributed by atoms with Crippen molar-refractivity contribution in [2.75, 3.05) is 11.5 Å². The number of halogens is 1. The standard InChI is InChI=1S/C21H21N5O2S.ClH/c22-21-18-16(24-10-25-21)13(8-23-18)17-20(28)19(27)14(26-17)9-29-15-7-3-5-11-4-1-2-6-12(11)15;/h1-8,10,14,17,19-20,23,26-28H,9H2,(H2,22,24,25);1H. The molecule has 4 atom stereocenters. The highest BCUT2D eigenvalue weighted by atomic mass is 35.5. The minimum Gasteiger partial charge on any atom is -0.389 e. The van der Waals surface area contributed by atoms with Crippen LogP contribution in [0.5, 0.6) is 0 Å². The molecule has 0 bridgehead atoms. The molecule has 3 heterocycles. The van der Waals surface area contributed by atoms with Crippen LogP contribution >= 0.6 is 24.2 Å². The first-order valence-electron chi connectivity index (χ1n) is 9.43. The number of aliphatic hydroxyl groups excluding tert-OH is 2. The van der Waals surface area contributed by atoms with Gasteiger partial charge in [0.05, 0.1) is 17.7 Å². The molecular weight excluding hydrogens is 422 g/mol. The Labute approximate surface area is 183 Å². The second kappa shape index (κ2) is 8.41. The lowest BCUT2D eigenvalue weighted by molar-refractivity contribution is 0.0308. The molecule has 0 saturated carbocycles. The van der Waals surface area contributed by atoms with Crippen molar-refractivity contribution < 1.29 is 10.2 Å². The second-order valence-electron chi connectivity index (χ2n) is 7.25. The Morgan fingerprint density at radius 1 is 1.03 bits per heavy atom. The average Bonchev–Trinajstić information content (AvgIpc) is 3.29. The number of rotatable bonds is 4. The van der Waals surface area contributed by atoms with Crippen molar-refractivity contribution in [2.45, 2.75) is 29.2 Å². The van der Waals surface area contributed by atoms with Gasteiger partial charge in [-0.15, -0.1) is 24.2 Å². The zero-order valence-electron chi connectivity index (χ0n) is 15.9. The Morgan fingerprint density at radius 3 is 2.70 bits per heavy atom. The van der Waals surface area contributed by atoms with Gasteiger partial charge in [0.1, 0.15) is 17.9 Å². The molecule has 156 valence electrons. The van der Waals surface area contributed by atoms with Crippen LogP contribution in [0.4, 0.5) is 5.82 Å². The monoisotopic (exact) mass is 443 g/mol. The number of aliphatic hydroxyl groups is 2. The predicted octanol–water partition coefficient (Wildman–Crippen LogP) is 2.64. The van der Waals surface area contributed by atoms with Gasteiger partial charge in [-0.05, 0) is 16.8 Å². The Balaban J connectivity index is 0.00000218. The van der Waals surface area contributed by atoms with Crippen LogP contribution in [-0.4, -0.2) is 49.2 Å². The summed E-state index contributed by atoms with van der Waals surface area (Å²) in [5, 5.41) is 27.1. The molecule has 1 aliphatic heterocycles. The van der Waals surface area contributed by atoms with Gasteiger partial charge in [0.25, 0.3) is 0 Å². The maximum atomic E-state index is 10.7. The van der Waals surface area contributed by atoms with Crippen molar-refractivity contribution in [2.24, 2.45) is 0 Å². The number of benzene rings is 2. The fourth-order valence-corrected chi connectivity index (χ4v) is 5.17. The lowest BCUT2D eigenvalue weighted by Crippen LogP contribution is -2.35. The number of hydrogen-bond donors (Lipinski definition) is 5. The maximum Gasteiger partial charge on any atom is 0.151 e. The Bertz CT molecular complexity index is 1180. The van der Waals surface area contributed by atoms with Crippen LogP contribution in [0, 0.1) is 0 Å². The molecule has 4 aromatic rings. The highest BCUT2D eigenvalue weighted by molar-refractivity contribution is 7.99. The van der Waals surface area contributed by atoms with Crippen LogP contribution in [-0.2, 0) is 0 Å². The minimum absolute atomic E-state index is 0. The Hall–Kier alpha value is -2.36. The lowest BCUT2D eigenvalue weighted by atomic mass is 10.0. The predicted molar refractivity (Wildman–Crippen MR) is 122 cm³/mol. The molecule has 5 rings (SSSR count). The quantitative estimate of drug-likeness (QED) is 0.307. The summed E-state index contributed by atoms with van der Waals surface area (Å²) in [7, 11) is 0. The van der Waals surface area contributed by atoms with Crippen LogP contribution in [0.15, 0.2) is 59.9 Å². The molecule has 9 heteroatoms. The summed E-state index contributed by atoms with van der Waals surface area (Å²) >= 11 is 1.67. The molecule has 7 nitrogen and oxygen atoms in total. The van der Waals surface area contributed by atoms with Crippen molar-refractivity contribution in [1.82, 2.24) is 20.3 Å². The molecule has 0 amide bonds. The van der Waals surface area contributed by atoms with Crippen molar-refractivity contribution >= 4 is 51.8 Å². The number of nitrogen functional groups attached to an aromatic ring is 1. The first-order chi connectivity index (χ1) is 14.1. The number of nitrogens with zero attached hydrogens (tertiary/aromatic N) is 2. The molecule has 2 aromatic heterocycles. The number of H-pyrrole nitrogens is 1. The summed E-state index contributed by atoms with van der Waals surface area (Å²) in [4.78, 5) is 12.5. The van der Waals surface area contributed by atoms with Gasteiger partial charge in [0, 0.05) is 28.5 Å². The van der Waals surface area contributed by atoms with Crippen LogP contribution in [0.3, 0.4) is 0 Å². The Kier molecular flexibility index (Phi) is 5.86. The van der Waals surface area contributed by atoms with Crippen molar-refractivity contribution in [1.29, 1.82) is 0 Å². The number of hydrogen-bond acceptors (Lipinski definition) is 7. The number of nitrogens with one attached hydrogen (secondary N) is 2. The molecule has 0 aliphatic carbocycles. The summed E-state index contributed by atoms with van der Waals surface area (Å²) in [6.45, 7) is 0. The molecule has 0 spiro atoms. The maximum absolute atomic E-state index is 10.7. The lowest BCUT2D eigenvalue weighted by Gasteiger charge is -2.16. The van der Waals surface area contributed by atoms with Crippen molar-refractivity contribution in [3.63, 3.8) is 0 Å². The fourth-order valence-electron chi connectivity index (χ4n) is 4.00. The third kappa shape index (κ3) is 3.51. The van der Waals surface area contributed by atoms with E-state index in [-0.39, 0.29) is 18.4 Å². The van der Waals surface area contributed by atoms with Gasteiger partial charge in [-0.25, -0.2) is 9.97 Å². The van der Waals surface area contributed by atoms with E-state index < -0.39 is 18.2 Å². The van der Waals surface area contributed by atoms with E-state index in [2.05, 4.69) is 44.5 Å². The molecule has 4 unspecified atom stereocenters. The molecule has 6 N–H and O–H groups in total. The normalized spacial score (nSPS) is 23.7. The topological polar surface area (TPSA) is 120 Å². The van der Waals surface area contributed by atoms with Crippen LogP contribution in [0.25, 0.3) is 21.8 Å². The molecule has 2 aromatic carbocycles. The third-order valence-electron chi connectivity index (χ3n) is 5.52. The largest absolute Gasteiger partial charge is 0.389 e. The molecule has 0 radical (unpaired) electrons. The summed E-state index contributed by atoms with van der Waals surface area (Å²) in [5.41, 5.74) is 7.97. The molecule has 1 fully saturated rings. The van der Waals surface area contributed by atoms with Gasteiger partial charge in [-0.3, -0.25) is 0 Å². The van der Waals surface area contributed by atoms with Gasteiger partial charge in [-0.2, -0.15) is 0 Å². The summed E-state index contributed by atoms with van der Waals surface area (Å²) in [6.07, 6.45) is 1.35. The fraction of sp³-hybridized carbons (Fsp3) is 0.238. The van der Waals surface area contributed by atoms with Gasteiger partial charge < -0.3 is 26.2 Å². The van der Waals surface area contributed by atoms with Gasteiger partial charge in [0.2, 0.25) is 0 Å². The zero-order valence-corrected chi connectivity index (χ0v) is 17.5. The minimum atomic E-state index is -0.941. The highest BCUT2D eigenvalue weighted by Gasteiger charge is 2.42. The van der Waals surface area contributed by atoms with Gasteiger partial charge in [-0.1, -0.05) is 36.4 Å². The van der Waals surface area contributed by atoms with E-state index in [1.165, 1.54) is 17.1 Å². The first kappa shape index (κ1) is 20.9. The van der Waals surface area contributed by atoms with Crippen molar-refractivity contribution in [3.8, 4) is 0 Å². The number of fused-ring (bicyclic) bond motifs is 2. The Morgan fingerprint density at radius 2 is 1.83 bits per heavy atom. The smallest absolute Gasteiger partial charge is 0.151 e. The van der Waals surface area contributed by atoms with E-state index in [0.717, 1.165) is 10.5 Å². The average molecular weight is 444 g/mol. The zero-order chi connectivity index (χ0) is 20.0. The van der Waals surface area contributed by atoms with Crippen LogP contribution in [0.1, 0.15) is 11.6 Å². The van der Waals surface area contributed by atoms with Crippen molar-refractivity contribution in [3.05, 3.63) is 60.6 Å². The van der Waals surface area contributed by atoms with Crippen LogP contribution in [0.2, 0.25) is 0 Å². The molecule has 1 aliphatic rings. The number of anilines is 1. The highest BCUT2D eigenvalue weighted by Crippen LogP contribution is 2.35. The van der Waals surface area contributed by atoms with Gasteiger partial charge >= 0.3 is 0 Å². The number of thioether (sulfide) groups is 1. The summed E-state index contributed by atoms with van der Waals surface area (Å²) in [6, 6.07) is 13.8. The molecular formula is C21H22ClN5O2S. The van der Waals surface area contributed by atoms with E-state index in [1.54, 1.807) is 18.0 Å². The number of nitrogens with two attached hydrogens (primary N) is 1. The third-order valence-corrected chi connectivity index (χ3v) is 6.72. The van der Waals surface area contributed by atoms with E-state index in [4.69, 9.17) is 5.73 Å². The number of aromatic amines is 1.